The summed E-state index contributed by atoms with van der Waals surface area (Å²) >= 11 is 0. The predicted molar refractivity (Wildman–Crippen MR) is 79.3 cm³/mol. The van der Waals surface area contributed by atoms with E-state index in [0.717, 1.165) is 0 Å². The zero-order chi connectivity index (χ0) is 16.5. The van der Waals surface area contributed by atoms with Crippen LogP contribution in [-0.2, 0) is 14.3 Å². The molecule has 0 aliphatic rings. The van der Waals surface area contributed by atoms with E-state index < -0.39 is 16.9 Å². The van der Waals surface area contributed by atoms with Crippen molar-refractivity contribution >= 4 is 12.0 Å². The van der Waals surface area contributed by atoms with Gasteiger partial charge in [0.25, 0.3) is 0 Å². The first-order chi connectivity index (χ1) is 9.65. The van der Waals surface area contributed by atoms with Gasteiger partial charge in [-0.25, -0.2) is 4.79 Å². The summed E-state index contributed by atoms with van der Waals surface area (Å²) in [7, 11) is 1.61. The van der Waals surface area contributed by atoms with Crippen molar-refractivity contribution in [3.8, 4) is 0 Å². The second-order valence-electron chi connectivity index (χ2n) is 5.89. The Morgan fingerprint density at radius 3 is 2.24 bits per heavy atom. The molecule has 0 atom stereocenters. The molecule has 0 fully saturated rings. The topological polar surface area (TPSA) is 96.9 Å². The molecule has 0 radical (unpaired) electrons. The smallest absolute Gasteiger partial charge is 0.315 e. The van der Waals surface area contributed by atoms with Crippen molar-refractivity contribution in [1.82, 2.24) is 10.6 Å². The first-order valence-corrected chi connectivity index (χ1v) is 7.01. The Balaban J connectivity index is 4.01. The molecule has 0 aromatic rings. The number of carbonyl (C=O) groups is 2. The van der Waals surface area contributed by atoms with Crippen LogP contribution in [-0.4, -0.2) is 56.1 Å². The van der Waals surface area contributed by atoms with Gasteiger partial charge in [-0.05, 0) is 34.1 Å². The van der Waals surface area contributed by atoms with Crippen molar-refractivity contribution < 1.29 is 24.2 Å². The maximum Gasteiger partial charge on any atom is 0.315 e. The molecular weight excluding hydrogens is 276 g/mol. The quantitative estimate of drug-likeness (QED) is 0.527. The first kappa shape index (κ1) is 19.7. The van der Waals surface area contributed by atoms with E-state index in [1.807, 2.05) is 0 Å². The van der Waals surface area contributed by atoms with Gasteiger partial charge in [-0.2, -0.15) is 0 Å². The van der Waals surface area contributed by atoms with Gasteiger partial charge in [0.2, 0.25) is 0 Å². The molecule has 0 heterocycles. The fourth-order valence-electron chi connectivity index (χ4n) is 1.37. The predicted octanol–water partition coefficient (Wildman–Crippen LogP) is 1.23. The monoisotopic (exact) mass is 304 g/mol. The molecule has 0 saturated carbocycles. The van der Waals surface area contributed by atoms with Crippen LogP contribution in [0, 0.1) is 5.41 Å². The van der Waals surface area contributed by atoms with E-state index in [0.29, 0.717) is 32.8 Å². The minimum atomic E-state index is -1.08. The molecule has 0 rings (SSSR count). The summed E-state index contributed by atoms with van der Waals surface area (Å²) in [6.07, 6.45) is 0.680. The number of amides is 2. The van der Waals surface area contributed by atoms with Crippen LogP contribution in [0.15, 0.2) is 0 Å². The van der Waals surface area contributed by atoms with Gasteiger partial charge in [-0.1, -0.05) is 0 Å². The molecule has 0 unspecified atom stereocenters. The van der Waals surface area contributed by atoms with E-state index in [1.165, 1.54) is 0 Å². The fourth-order valence-corrected chi connectivity index (χ4v) is 1.37. The molecule has 0 aliphatic carbocycles. The summed E-state index contributed by atoms with van der Waals surface area (Å²) < 4.78 is 10.1. The highest BCUT2D eigenvalue weighted by molar-refractivity contribution is 5.79. The van der Waals surface area contributed by atoms with E-state index in [-0.39, 0.29) is 6.03 Å². The van der Waals surface area contributed by atoms with Crippen LogP contribution in [0.5, 0.6) is 0 Å². The van der Waals surface area contributed by atoms with Gasteiger partial charge in [0.15, 0.2) is 0 Å². The lowest BCUT2D eigenvalue weighted by Gasteiger charge is -2.38. The molecule has 124 valence electrons. The normalized spacial score (nSPS) is 12.0. The zero-order valence-corrected chi connectivity index (χ0v) is 13.6. The fraction of sp³-hybridized carbons (Fsp3) is 0.857. The number of carboxylic acid groups (broad SMARTS) is 1. The Labute approximate surface area is 126 Å². The van der Waals surface area contributed by atoms with Crippen molar-refractivity contribution in [2.75, 3.05) is 33.5 Å². The second kappa shape index (κ2) is 8.84. The molecule has 0 aromatic heterocycles. The third-order valence-corrected chi connectivity index (χ3v) is 3.71. The van der Waals surface area contributed by atoms with Crippen LogP contribution in [0.2, 0.25) is 0 Å². The van der Waals surface area contributed by atoms with Gasteiger partial charge in [0, 0.05) is 20.3 Å². The van der Waals surface area contributed by atoms with E-state index in [9.17, 15) is 14.7 Å². The minimum absolute atomic E-state index is 0.383. The maximum atomic E-state index is 11.8. The van der Waals surface area contributed by atoms with Crippen LogP contribution in [0.4, 0.5) is 4.79 Å². The Bertz CT molecular complexity index is 342. The molecule has 0 aromatic carbocycles. The lowest BCUT2D eigenvalue weighted by Crippen LogP contribution is -2.59. The minimum Gasteiger partial charge on any atom is -0.481 e. The number of hydrogen-bond donors (Lipinski definition) is 3. The molecule has 0 bridgehead atoms. The number of hydrogen-bond acceptors (Lipinski definition) is 4. The number of carbonyl (C=O) groups excluding carboxylic acids is 1. The first-order valence-electron chi connectivity index (χ1n) is 7.01. The van der Waals surface area contributed by atoms with Crippen molar-refractivity contribution in [1.29, 1.82) is 0 Å². The van der Waals surface area contributed by atoms with Crippen molar-refractivity contribution in [2.45, 2.75) is 39.7 Å². The average molecular weight is 304 g/mol. The highest BCUT2D eigenvalue weighted by atomic mass is 16.5. The Morgan fingerprint density at radius 1 is 1.10 bits per heavy atom. The highest BCUT2D eigenvalue weighted by Gasteiger charge is 2.44. The van der Waals surface area contributed by atoms with Crippen LogP contribution < -0.4 is 10.6 Å². The Hall–Kier alpha value is -1.34. The number of carboxylic acids is 1. The number of aliphatic carboxylic acids is 1. The SMILES string of the molecule is COCCOCCCNC(=O)NC(C)(C)C(C)(C)C(=O)O. The van der Waals surface area contributed by atoms with E-state index in [2.05, 4.69) is 10.6 Å². The van der Waals surface area contributed by atoms with E-state index in [4.69, 9.17) is 9.47 Å². The van der Waals surface area contributed by atoms with Crippen molar-refractivity contribution in [2.24, 2.45) is 5.41 Å². The Kier molecular flexibility index (Phi) is 8.27. The zero-order valence-electron chi connectivity index (χ0n) is 13.6. The Morgan fingerprint density at radius 2 is 1.71 bits per heavy atom. The molecular formula is C14H28N2O5. The van der Waals surface area contributed by atoms with E-state index >= 15 is 0 Å². The van der Waals surface area contributed by atoms with Gasteiger partial charge >= 0.3 is 12.0 Å². The largest absolute Gasteiger partial charge is 0.481 e. The summed E-state index contributed by atoms with van der Waals surface area (Å²) in [6, 6.07) is -0.383. The standard InChI is InChI=1S/C14H28N2O5/c1-13(2,11(17)18)14(3,4)16-12(19)15-7-6-8-21-10-9-20-5/h6-10H2,1-5H3,(H,17,18)(H2,15,16,19). The molecule has 0 aliphatic heterocycles. The summed E-state index contributed by atoms with van der Waals surface area (Å²) in [6.45, 7) is 8.62. The van der Waals surface area contributed by atoms with Gasteiger partial charge in [-0.15, -0.1) is 0 Å². The molecule has 0 saturated heterocycles. The lowest BCUT2D eigenvalue weighted by atomic mass is 9.74. The molecule has 7 nitrogen and oxygen atoms in total. The number of nitrogens with one attached hydrogen (secondary N) is 2. The third-order valence-electron chi connectivity index (χ3n) is 3.71. The van der Waals surface area contributed by atoms with Crippen LogP contribution in [0.25, 0.3) is 0 Å². The average Bonchev–Trinajstić information content (AvgIpc) is 2.36. The van der Waals surface area contributed by atoms with Crippen molar-refractivity contribution in [3.05, 3.63) is 0 Å². The summed E-state index contributed by atoms with van der Waals surface area (Å²) in [5, 5.41) is 14.6. The van der Waals surface area contributed by atoms with Gasteiger partial charge in [0.05, 0.1) is 24.2 Å². The van der Waals surface area contributed by atoms with Gasteiger partial charge in [-0.3, -0.25) is 4.79 Å². The lowest BCUT2D eigenvalue weighted by molar-refractivity contribution is -0.150. The third kappa shape index (κ3) is 6.77. The number of ether oxygens (including phenoxy) is 2. The maximum absolute atomic E-state index is 11.8. The van der Waals surface area contributed by atoms with Crippen molar-refractivity contribution in [3.63, 3.8) is 0 Å². The molecule has 21 heavy (non-hydrogen) atoms. The van der Waals surface area contributed by atoms with Crippen LogP contribution >= 0.6 is 0 Å². The van der Waals surface area contributed by atoms with E-state index in [1.54, 1.807) is 34.8 Å². The number of rotatable bonds is 10. The number of methoxy groups -OCH3 is 1. The molecule has 2 amide bonds. The van der Waals surface area contributed by atoms with Crippen LogP contribution in [0.1, 0.15) is 34.1 Å². The summed E-state index contributed by atoms with van der Waals surface area (Å²) in [5.41, 5.74) is -1.95. The molecule has 0 spiro atoms. The summed E-state index contributed by atoms with van der Waals surface area (Å²) in [5.74, 6) is -0.959. The number of urea groups is 1. The van der Waals surface area contributed by atoms with Gasteiger partial charge in [0.1, 0.15) is 0 Å². The molecule has 7 heteroatoms. The second-order valence-corrected chi connectivity index (χ2v) is 5.89. The summed E-state index contributed by atoms with van der Waals surface area (Å²) in [4.78, 5) is 23.0. The van der Waals surface area contributed by atoms with Gasteiger partial charge < -0.3 is 25.2 Å². The molecule has 3 N–H and O–H groups in total. The highest BCUT2D eigenvalue weighted by Crippen LogP contribution is 2.30. The van der Waals surface area contributed by atoms with Crippen LogP contribution in [0.3, 0.4) is 0 Å².